The van der Waals surface area contributed by atoms with Crippen molar-refractivity contribution in [3.05, 3.63) is 53.7 Å². The Morgan fingerprint density at radius 1 is 1.07 bits per heavy atom. The molecule has 0 aliphatic rings. The number of hydrogen-bond donors (Lipinski definition) is 3. The van der Waals surface area contributed by atoms with Crippen LogP contribution in [0.2, 0.25) is 0 Å². The Bertz CT molecular complexity index is 703. The van der Waals surface area contributed by atoms with Crippen molar-refractivity contribution in [1.82, 2.24) is 15.6 Å². The lowest BCUT2D eigenvalue weighted by Gasteiger charge is -2.13. The molecule has 2 aromatic rings. The normalized spacial score (nSPS) is 11.1. The molecule has 0 aliphatic carbocycles. The van der Waals surface area contributed by atoms with Gasteiger partial charge in [0.15, 0.2) is 5.96 Å². The van der Waals surface area contributed by atoms with Crippen LogP contribution in [0.15, 0.2) is 47.6 Å². The third-order valence-electron chi connectivity index (χ3n) is 4.27. The predicted molar refractivity (Wildman–Crippen MR) is 113 cm³/mol. The maximum atomic E-state index is 5.38. The van der Waals surface area contributed by atoms with Crippen LogP contribution in [-0.4, -0.2) is 44.7 Å². The predicted octanol–water partition coefficient (Wildman–Crippen LogP) is 3.00. The molecule has 0 atom stereocenters. The summed E-state index contributed by atoms with van der Waals surface area (Å²) < 4.78 is 5.38. The fourth-order valence-corrected chi connectivity index (χ4v) is 2.71. The van der Waals surface area contributed by atoms with Gasteiger partial charge in [-0.3, -0.25) is 4.99 Å². The first-order valence-electron chi connectivity index (χ1n) is 9.46. The van der Waals surface area contributed by atoms with Gasteiger partial charge in [-0.1, -0.05) is 18.2 Å². The van der Waals surface area contributed by atoms with Crippen LogP contribution in [-0.2, 0) is 6.42 Å². The number of nitrogens with zero attached hydrogens (tertiary/aromatic N) is 2. The van der Waals surface area contributed by atoms with E-state index in [4.69, 9.17) is 4.74 Å². The summed E-state index contributed by atoms with van der Waals surface area (Å²) >= 11 is 0. The van der Waals surface area contributed by atoms with Crippen molar-refractivity contribution in [2.24, 2.45) is 4.99 Å². The Kier molecular flexibility index (Phi) is 8.96. The highest BCUT2D eigenvalue weighted by molar-refractivity contribution is 5.79. The lowest BCUT2D eigenvalue weighted by Crippen LogP contribution is -2.38. The standard InChI is InChI=1S/C21H31N5O/c1-17-9-10-18(16-19(17)27-3)11-15-26-21(22-2)25-14-7-6-13-24-20-8-4-5-12-23-20/h4-5,8-10,12,16H,6-7,11,13-15H2,1-3H3,(H,23,24)(H2,22,25,26). The van der Waals surface area contributed by atoms with Crippen LogP contribution in [0.1, 0.15) is 24.0 Å². The van der Waals surface area contributed by atoms with Gasteiger partial charge in [0.1, 0.15) is 11.6 Å². The summed E-state index contributed by atoms with van der Waals surface area (Å²) in [7, 11) is 3.51. The van der Waals surface area contributed by atoms with E-state index in [-0.39, 0.29) is 0 Å². The molecule has 0 saturated heterocycles. The highest BCUT2D eigenvalue weighted by Crippen LogP contribution is 2.18. The number of rotatable bonds is 10. The van der Waals surface area contributed by atoms with E-state index in [1.165, 1.54) is 5.56 Å². The molecule has 0 spiro atoms. The van der Waals surface area contributed by atoms with E-state index < -0.39 is 0 Å². The Morgan fingerprint density at radius 3 is 2.63 bits per heavy atom. The van der Waals surface area contributed by atoms with E-state index in [0.29, 0.717) is 0 Å². The van der Waals surface area contributed by atoms with Gasteiger partial charge in [0.05, 0.1) is 7.11 Å². The topological polar surface area (TPSA) is 70.6 Å². The molecule has 0 bridgehead atoms. The monoisotopic (exact) mass is 369 g/mol. The number of pyridine rings is 1. The van der Waals surface area contributed by atoms with Crippen molar-refractivity contribution < 1.29 is 4.74 Å². The highest BCUT2D eigenvalue weighted by atomic mass is 16.5. The average molecular weight is 370 g/mol. The summed E-state index contributed by atoms with van der Waals surface area (Å²) in [4.78, 5) is 8.53. The van der Waals surface area contributed by atoms with Crippen molar-refractivity contribution in [3.63, 3.8) is 0 Å². The average Bonchev–Trinajstić information content (AvgIpc) is 2.71. The molecular weight excluding hydrogens is 338 g/mol. The number of hydrogen-bond acceptors (Lipinski definition) is 4. The lowest BCUT2D eigenvalue weighted by atomic mass is 10.1. The van der Waals surface area contributed by atoms with Crippen LogP contribution in [0.4, 0.5) is 5.82 Å². The Hall–Kier alpha value is -2.76. The van der Waals surface area contributed by atoms with Gasteiger partial charge < -0.3 is 20.7 Å². The third-order valence-corrected chi connectivity index (χ3v) is 4.27. The number of aryl methyl sites for hydroxylation is 1. The van der Waals surface area contributed by atoms with E-state index in [1.807, 2.05) is 18.2 Å². The smallest absolute Gasteiger partial charge is 0.190 e. The second-order valence-electron chi connectivity index (χ2n) is 6.33. The maximum Gasteiger partial charge on any atom is 0.190 e. The Labute approximate surface area is 162 Å². The number of nitrogens with one attached hydrogen (secondary N) is 3. The van der Waals surface area contributed by atoms with E-state index >= 15 is 0 Å². The number of ether oxygens (including phenoxy) is 1. The fraction of sp³-hybridized carbons (Fsp3) is 0.429. The van der Waals surface area contributed by atoms with E-state index in [0.717, 1.165) is 62.0 Å². The number of unbranched alkanes of at least 4 members (excludes halogenated alkanes) is 1. The molecule has 27 heavy (non-hydrogen) atoms. The van der Waals surface area contributed by atoms with Gasteiger partial charge in [-0.2, -0.15) is 0 Å². The van der Waals surface area contributed by atoms with Gasteiger partial charge in [0.25, 0.3) is 0 Å². The number of anilines is 1. The minimum absolute atomic E-state index is 0.827. The van der Waals surface area contributed by atoms with Crippen LogP contribution >= 0.6 is 0 Å². The summed E-state index contributed by atoms with van der Waals surface area (Å²) in [6.07, 6.45) is 4.86. The first-order chi connectivity index (χ1) is 13.2. The van der Waals surface area contributed by atoms with Crippen molar-refractivity contribution in [3.8, 4) is 5.75 Å². The largest absolute Gasteiger partial charge is 0.496 e. The van der Waals surface area contributed by atoms with Crippen LogP contribution in [0.25, 0.3) is 0 Å². The quantitative estimate of drug-likeness (QED) is 0.341. The van der Waals surface area contributed by atoms with Gasteiger partial charge in [-0.05, 0) is 55.5 Å². The molecule has 0 unspecified atom stereocenters. The molecule has 0 aliphatic heterocycles. The number of aromatic nitrogens is 1. The number of methoxy groups -OCH3 is 1. The molecule has 1 aromatic carbocycles. The summed E-state index contributed by atoms with van der Waals surface area (Å²) in [5.41, 5.74) is 2.41. The first kappa shape index (κ1) is 20.6. The zero-order valence-corrected chi connectivity index (χ0v) is 16.6. The SMILES string of the molecule is CN=C(NCCCCNc1ccccn1)NCCc1ccc(C)c(OC)c1. The molecule has 6 heteroatoms. The molecule has 2 rings (SSSR count). The van der Waals surface area contributed by atoms with E-state index in [1.54, 1.807) is 20.4 Å². The molecule has 0 amide bonds. The van der Waals surface area contributed by atoms with E-state index in [2.05, 4.69) is 51.0 Å². The van der Waals surface area contributed by atoms with Crippen molar-refractivity contribution in [2.75, 3.05) is 39.1 Å². The van der Waals surface area contributed by atoms with Gasteiger partial charge in [0.2, 0.25) is 0 Å². The number of aliphatic imine (C=N–C) groups is 1. The van der Waals surface area contributed by atoms with Crippen LogP contribution in [0.3, 0.4) is 0 Å². The lowest BCUT2D eigenvalue weighted by molar-refractivity contribution is 0.411. The molecular formula is C21H31N5O. The summed E-state index contributed by atoms with van der Waals surface area (Å²) in [6.45, 7) is 4.69. The van der Waals surface area contributed by atoms with E-state index in [9.17, 15) is 0 Å². The molecule has 0 saturated carbocycles. The van der Waals surface area contributed by atoms with Crippen molar-refractivity contribution in [1.29, 1.82) is 0 Å². The summed E-state index contributed by atoms with van der Waals surface area (Å²) in [5.74, 6) is 2.71. The Balaban J connectivity index is 1.59. The zero-order valence-electron chi connectivity index (χ0n) is 16.6. The van der Waals surface area contributed by atoms with Crippen LogP contribution < -0.4 is 20.7 Å². The fourth-order valence-electron chi connectivity index (χ4n) is 2.71. The molecule has 0 fully saturated rings. The van der Waals surface area contributed by atoms with Crippen molar-refractivity contribution in [2.45, 2.75) is 26.2 Å². The third kappa shape index (κ3) is 7.56. The second kappa shape index (κ2) is 11.8. The summed E-state index contributed by atoms with van der Waals surface area (Å²) in [5, 5.41) is 10.0. The minimum atomic E-state index is 0.827. The van der Waals surface area contributed by atoms with Gasteiger partial charge in [-0.15, -0.1) is 0 Å². The zero-order chi connectivity index (χ0) is 19.3. The van der Waals surface area contributed by atoms with Crippen LogP contribution in [0, 0.1) is 6.92 Å². The molecule has 1 heterocycles. The van der Waals surface area contributed by atoms with Crippen LogP contribution in [0.5, 0.6) is 5.75 Å². The highest BCUT2D eigenvalue weighted by Gasteiger charge is 2.02. The van der Waals surface area contributed by atoms with Crippen molar-refractivity contribution >= 4 is 11.8 Å². The minimum Gasteiger partial charge on any atom is -0.496 e. The maximum absolute atomic E-state index is 5.38. The molecule has 146 valence electrons. The molecule has 1 aromatic heterocycles. The van der Waals surface area contributed by atoms with Gasteiger partial charge in [-0.25, -0.2) is 4.98 Å². The summed E-state index contributed by atoms with van der Waals surface area (Å²) in [6, 6.07) is 12.2. The van der Waals surface area contributed by atoms with Gasteiger partial charge >= 0.3 is 0 Å². The molecule has 3 N–H and O–H groups in total. The molecule has 6 nitrogen and oxygen atoms in total. The second-order valence-corrected chi connectivity index (χ2v) is 6.33. The van der Waals surface area contributed by atoms with Gasteiger partial charge in [0, 0.05) is 32.9 Å². The number of benzene rings is 1. The Morgan fingerprint density at radius 2 is 1.89 bits per heavy atom. The number of guanidine groups is 1. The molecule has 0 radical (unpaired) electrons. The first-order valence-corrected chi connectivity index (χ1v) is 9.46.